The fourth-order valence-corrected chi connectivity index (χ4v) is 0.949. The van der Waals surface area contributed by atoms with E-state index in [0.717, 1.165) is 18.7 Å². The van der Waals surface area contributed by atoms with Gasteiger partial charge in [0.2, 0.25) is 0 Å². The van der Waals surface area contributed by atoms with E-state index < -0.39 is 12.3 Å². The summed E-state index contributed by atoms with van der Waals surface area (Å²) in [7, 11) is 0. The van der Waals surface area contributed by atoms with Crippen LogP contribution in [0.25, 0.3) is 0 Å². The number of hydrogen-bond acceptors (Lipinski definition) is 5. The zero-order chi connectivity index (χ0) is 15.8. The monoisotopic (exact) mass is 290 g/mol. The SMILES string of the molecule is CCCc1ncc[nH]1.CCOC(=O)OCC.O=C(O)O. The van der Waals surface area contributed by atoms with Gasteiger partial charge in [0.25, 0.3) is 0 Å². The third kappa shape index (κ3) is 18.1. The van der Waals surface area contributed by atoms with Crippen LogP contribution in [0.4, 0.5) is 9.59 Å². The van der Waals surface area contributed by atoms with Crippen LogP contribution in [0.2, 0.25) is 0 Å². The van der Waals surface area contributed by atoms with Crippen molar-refractivity contribution in [1.29, 1.82) is 0 Å². The minimum atomic E-state index is -1.83. The molecule has 0 saturated heterocycles. The standard InChI is InChI=1S/C6H10N2.C5H10O3.CH2O3/c1-2-3-6-7-4-5-8-6;1-3-7-5(6)8-4-2;2-1(3)4/h4-5H,2-3H2,1H3,(H,7,8);3-4H2,1-2H3;(H2,2,3,4). The van der Waals surface area contributed by atoms with E-state index in [2.05, 4.69) is 26.4 Å². The first kappa shape index (κ1) is 20.1. The van der Waals surface area contributed by atoms with Crippen molar-refractivity contribution in [2.24, 2.45) is 0 Å². The highest BCUT2D eigenvalue weighted by Crippen LogP contribution is 1.91. The number of carbonyl (C=O) groups excluding carboxylic acids is 1. The van der Waals surface area contributed by atoms with Gasteiger partial charge >= 0.3 is 12.3 Å². The molecule has 0 atom stereocenters. The molecule has 1 rings (SSSR count). The molecule has 0 radical (unpaired) electrons. The summed E-state index contributed by atoms with van der Waals surface area (Å²) < 4.78 is 8.84. The Morgan fingerprint density at radius 3 is 2.00 bits per heavy atom. The largest absolute Gasteiger partial charge is 0.508 e. The summed E-state index contributed by atoms with van der Waals surface area (Å²) in [5.74, 6) is 1.09. The summed E-state index contributed by atoms with van der Waals surface area (Å²) in [6.45, 7) is 6.36. The summed E-state index contributed by atoms with van der Waals surface area (Å²) in [4.78, 5) is 25.8. The summed E-state index contributed by atoms with van der Waals surface area (Å²) in [6.07, 6.45) is 3.44. The maximum Gasteiger partial charge on any atom is 0.508 e. The number of carboxylic acid groups (broad SMARTS) is 2. The van der Waals surface area contributed by atoms with Gasteiger partial charge in [0, 0.05) is 18.8 Å². The fraction of sp³-hybridized carbons (Fsp3) is 0.583. The summed E-state index contributed by atoms with van der Waals surface area (Å²) in [6, 6.07) is 0. The molecule has 0 aliphatic carbocycles. The number of aryl methyl sites for hydroxylation is 1. The van der Waals surface area contributed by atoms with Crippen molar-refractivity contribution in [1.82, 2.24) is 9.97 Å². The number of imidazole rings is 1. The average Bonchev–Trinajstić information content (AvgIpc) is 2.83. The Bertz CT molecular complexity index is 328. The Morgan fingerprint density at radius 2 is 1.70 bits per heavy atom. The lowest BCUT2D eigenvalue weighted by Gasteiger charge is -1.98. The van der Waals surface area contributed by atoms with Crippen molar-refractivity contribution in [3.63, 3.8) is 0 Å². The van der Waals surface area contributed by atoms with Gasteiger partial charge in [0.15, 0.2) is 0 Å². The van der Waals surface area contributed by atoms with Crippen molar-refractivity contribution < 1.29 is 29.3 Å². The fourth-order valence-electron chi connectivity index (χ4n) is 0.949. The molecule has 0 spiro atoms. The van der Waals surface area contributed by atoms with Crippen LogP contribution in [0.3, 0.4) is 0 Å². The van der Waals surface area contributed by atoms with Crippen molar-refractivity contribution in [3.05, 3.63) is 18.2 Å². The number of H-pyrrole nitrogens is 1. The van der Waals surface area contributed by atoms with Crippen LogP contribution >= 0.6 is 0 Å². The molecule has 1 aromatic heterocycles. The maximum absolute atomic E-state index is 10.2. The number of carbonyl (C=O) groups is 2. The topological polar surface area (TPSA) is 122 Å². The molecule has 0 saturated carbocycles. The molecule has 1 heterocycles. The van der Waals surface area contributed by atoms with Crippen LogP contribution in [0, 0.1) is 0 Å². The number of nitrogens with one attached hydrogen (secondary N) is 1. The van der Waals surface area contributed by atoms with Crippen molar-refractivity contribution in [2.45, 2.75) is 33.6 Å². The highest BCUT2D eigenvalue weighted by Gasteiger charge is 1.96. The van der Waals surface area contributed by atoms with Crippen LogP contribution in [-0.2, 0) is 15.9 Å². The minimum absolute atomic E-state index is 0.374. The van der Waals surface area contributed by atoms with Gasteiger partial charge in [-0.25, -0.2) is 14.6 Å². The maximum atomic E-state index is 10.2. The molecule has 0 aliphatic heterocycles. The Morgan fingerprint density at radius 1 is 1.20 bits per heavy atom. The Hall–Kier alpha value is -2.25. The van der Waals surface area contributed by atoms with Gasteiger partial charge in [0.05, 0.1) is 13.2 Å². The number of nitrogens with zero attached hydrogens (tertiary/aromatic N) is 1. The third-order valence-electron chi connectivity index (χ3n) is 1.57. The van der Waals surface area contributed by atoms with Gasteiger partial charge in [-0.2, -0.15) is 0 Å². The second-order valence-electron chi connectivity index (χ2n) is 3.18. The Balaban J connectivity index is 0. The quantitative estimate of drug-likeness (QED) is 0.728. The van der Waals surface area contributed by atoms with Crippen LogP contribution in [0.15, 0.2) is 12.4 Å². The Labute approximate surface area is 117 Å². The molecule has 0 aliphatic rings. The van der Waals surface area contributed by atoms with E-state index in [-0.39, 0.29) is 0 Å². The van der Waals surface area contributed by atoms with E-state index in [9.17, 15) is 4.79 Å². The molecule has 0 bridgehead atoms. The van der Waals surface area contributed by atoms with E-state index in [1.807, 2.05) is 6.20 Å². The second kappa shape index (κ2) is 14.8. The summed E-state index contributed by atoms with van der Waals surface area (Å²) in [5.41, 5.74) is 0. The zero-order valence-electron chi connectivity index (χ0n) is 12.0. The lowest BCUT2D eigenvalue weighted by molar-refractivity contribution is 0.0630. The molecule has 8 nitrogen and oxygen atoms in total. The molecule has 0 unspecified atom stereocenters. The summed E-state index contributed by atoms with van der Waals surface area (Å²) in [5, 5.41) is 13.9. The molecule has 20 heavy (non-hydrogen) atoms. The molecule has 0 aromatic carbocycles. The lowest BCUT2D eigenvalue weighted by Crippen LogP contribution is -2.05. The first-order valence-electron chi connectivity index (χ1n) is 6.17. The van der Waals surface area contributed by atoms with Crippen LogP contribution < -0.4 is 0 Å². The molecular weight excluding hydrogens is 268 g/mol. The number of rotatable bonds is 4. The van der Waals surface area contributed by atoms with Crippen LogP contribution in [-0.4, -0.2) is 45.7 Å². The van der Waals surface area contributed by atoms with Crippen LogP contribution in [0.1, 0.15) is 33.0 Å². The molecule has 0 amide bonds. The molecule has 3 N–H and O–H groups in total. The van der Waals surface area contributed by atoms with Gasteiger partial charge in [-0.1, -0.05) is 6.92 Å². The number of hydrogen-bond donors (Lipinski definition) is 3. The van der Waals surface area contributed by atoms with E-state index in [0.29, 0.717) is 13.2 Å². The minimum Gasteiger partial charge on any atom is -0.450 e. The van der Waals surface area contributed by atoms with E-state index in [4.69, 9.17) is 15.0 Å². The smallest absolute Gasteiger partial charge is 0.450 e. The molecular formula is C12H22N2O6. The first-order valence-corrected chi connectivity index (χ1v) is 6.17. The number of aromatic amines is 1. The molecule has 8 heteroatoms. The lowest BCUT2D eigenvalue weighted by atomic mass is 10.3. The predicted octanol–water partition coefficient (Wildman–Crippen LogP) is 2.76. The van der Waals surface area contributed by atoms with Gasteiger partial charge in [-0.05, 0) is 20.3 Å². The molecule has 0 fully saturated rings. The van der Waals surface area contributed by atoms with E-state index >= 15 is 0 Å². The molecule has 116 valence electrons. The average molecular weight is 290 g/mol. The van der Waals surface area contributed by atoms with Crippen LogP contribution in [0.5, 0.6) is 0 Å². The van der Waals surface area contributed by atoms with Gasteiger partial charge in [-0.15, -0.1) is 0 Å². The highest BCUT2D eigenvalue weighted by molar-refractivity contribution is 5.59. The van der Waals surface area contributed by atoms with Gasteiger partial charge in [-0.3, -0.25) is 0 Å². The van der Waals surface area contributed by atoms with Crippen molar-refractivity contribution in [2.75, 3.05) is 13.2 Å². The van der Waals surface area contributed by atoms with Crippen molar-refractivity contribution in [3.8, 4) is 0 Å². The number of aromatic nitrogens is 2. The molecule has 1 aromatic rings. The zero-order valence-corrected chi connectivity index (χ0v) is 12.0. The van der Waals surface area contributed by atoms with E-state index in [1.165, 1.54) is 0 Å². The normalized spacial score (nSPS) is 8.35. The number of ether oxygens (including phenoxy) is 2. The third-order valence-corrected chi connectivity index (χ3v) is 1.57. The van der Waals surface area contributed by atoms with Gasteiger partial charge in [0.1, 0.15) is 5.82 Å². The van der Waals surface area contributed by atoms with E-state index in [1.54, 1.807) is 20.0 Å². The predicted molar refractivity (Wildman–Crippen MR) is 71.9 cm³/mol. The van der Waals surface area contributed by atoms with Gasteiger partial charge < -0.3 is 24.7 Å². The highest BCUT2D eigenvalue weighted by atomic mass is 16.7. The first-order chi connectivity index (χ1) is 9.47. The second-order valence-corrected chi connectivity index (χ2v) is 3.18. The Kier molecular flexibility index (Phi) is 14.9. The summed E-state index contributed by atoms with van der Waals surface area (Å²) >= 11 is 0. The van der Waals surface area contributed by atoms with Crippen molar-refractivity contribution >= 4 is 12.3 Å².